The highest BCUT2D eigenvalue weighted by atomic mass is 127. The molecule has 8 heteroatoms. The van der Waals surface area contributed by atoms with Crippen LogP contribution >= 0.6 is 71.5 Å². The Balaban J connectivity index is 0. The van der Waals surface area contributed by atoms with Crippen LogP contribution in [-0.4, -0.2) is 10.3 Å². The van der Waals surface area contributed by atoms with E-state index in [-0.39, 0.29) is 58.3 Å². The molecule has 0 aliphatic rings. The second kappa shape index (κ2) is 9.36. The zero-order valence-corrected chi connectivity index (χ0v) is 14.4. The third-order valence-electron chi connectivity index (χ3n) is 1.26. The van der Waals surface area contributed by atoms with Crippen molar-refractivity contribution in [1.29, 1.82) is 10.8 Å². The normalized spacial score (nSPS) is 8.50. The molecular formula is C8H12I2N4S2. The second-order valence-electron chi connectivity index (χ2n) is 2.41. The quantitative estimate of drug-likeness (QED) is 0.226. The second-order valence-corrected chi connectivity index (χ2v) is 4.64. The van der Waals surface area contributed by atoms with Crippen molar-refractivity contribution in [1.82, 2.24) is 0 Å². The molecule has 0 radical (unpaired) electrons. The number of thioether (sulfide) groups is 2. The summed E-state index contributed by atoms with van der Waals surface area (Å²) in [5, 5.41) is 14.3. The minimum atomic E-state index is 0. The molecule has 0 aromatic heterocycles. The monoisotopic (exact) mass is 482 g/mol. The molecule has 0 heterocycles. The zero-order valence-electron chi connectivity index (χ0n) is 8.10. The Hall–Kier alpha value is 0.320. The molecule has 0 amide bonds. The molecule has 0 atom stereocenters. The molecule has 0 saturated heterocycles. The van der Waals surface area contributed by atoms with Gasteiger partial charge in [0, 0.05) is 9.79 Å². The summed E-state index contributed by atoms with van der Waals surface area (Å²) < 4.78 is 0. The van der Waals surface area contributed by atoms with E-state index in [2.05, 4.69) is 0 Å². The van der Waals surface area contributed by atoms with Crippen LogP contribution in [0.25, 0.3) is 0 Å². The van der Waals surface area contributed by atoms with Crippen molar-refractivity contribution in [2.24, 2.45) is 11.5 Å². The lowest BCUT2D eigenvalue weighted by Gasteiger charge is -2.02. The van der Waals surface area contributed by atoms with Crippen LogP contribution in [0, 0.1) is 10.8 Å². The van der Waals surface area contributed by atoms with Gasteiger partial charge in [0.2, 0.25) is 0 Å². The van der Waals surface area contributed by atoms with Crippen LogP contribution in [0.4, 0.5) is 0 Å². The maximum atomic E-state index is 7.11. The number of hydrogen-bond donors (Lipinski definition) is 4. The third kappa shape index (κ3) is 7.57. The van der Waals surface area contributed by atoms with Crippen molar-refractivity contribution in [2.45, 2.75) is 9.79 Å². The maximum Gasteiger partial charge on any atom is 0.155 e. The molecule has 1 aromatic carbocycles. The van der Waals surface area contributed by atoms with E-state index in [1.165, 1.54) is 23.5 Å². The van der Waals surface area contributed by atoms with E-state index >= 15 is 0 Å². The molecule has 1 rings (SSSR count). The maximum absolute atomic E-state index is 7.11. The molecule has 16 heavy (non-hydrogen) atoms. The molecule has 0 saturated carbocycles. The van der Waals surface area contributed by atoms with E-state index in [0.29, 0.717) is 0 Å². The molecule has 4 nitrogen and oxygen atoms in total. The Morgan fingerprint density at radius 3 is 1.62 bits per heavy atom. The van der Waals surface area contributed by atoms with E-state index in [1.807, 2.05) is 24.3 Å². The van der Waals surface area contributed by atoms with Gasteiger partial charge in [-0.15, -0.1) is 48.0 Å². The van der Waals surface area contributed by atoms with E-state index in [0.717, 1.165) is 9.79 Å². The standard InChI is InChI=1S/C8H10N4S2.2HI/c9-7(10)13-5-2-1-3-6(4-5)14-8(11)12;;/h1-4H,(H3,9,10)(H3,11,12);2*1H. The van der Waals surface area contributed by atoms with Crippen molar-refractivity contribution < 1.29 is 0 Å². The van der Waals surface area contributed by atoms with Gasteiger partial charge in [-0.2, -0.15) is 0 Å². The summed E-state index contributed by atoms with van der Waals surface area (Å²) in [5.41, 5.74) is 10.5. The van der Waals surface area contributed by atoms with Gasteiger partial charge >= 0.3 is 0 Å². The first-order chi connectivity index (χ1) is 6.58. The van der Waals surface area contributed by atoms with E-state index in [1.54, 1.807) is 0 Å². The number of hydrogen-bond acceptors (Lipinski definition) is 4. The molecule has 0 fully saturated rings. The highest BCUT2D eigenvalue weighted by Crippen LogP contribution is 2.24. The highest BCUT2D eigenvalue weighted by molar-refractivity contribution is 14.0. The number of benzene rings is 1. The fourth-order valence-electron chi connectivity index (χ4n) is 0.855. The molecule has 1 aromatic rings. The smallest absolute Gasteiger partial charge is 0.155 e. The fourth-order valence-corrected chi connectivity index (χ4v) is 2.10. The van der Waals surface area contributed by atoms with E-state index < -0.39 is 0 Å². The van der Waals surface area contributed by atoms with E-state index in [9.17, 15) is 0 Å². The fraction of sp³-hybridized carbons (Fsp3) is 0. The Labute approximate surface area is 137 Å². The molecule has 0 unspecified atom stereocenters. The number of rotatable bonds is 2. The summed E-state index contributed by atoms with van der Waals surface area (Å²) >= 11 is 2.35. The molecular weight excluding hydrogens is 470 g/mol. The summed E-state index contributed by atoms with van der Waals surface area (Å²) in [6, 6.07) is 7.40. The van der Waals surface area contributed by atoms with Crippen molar-refractivity contribution >= 4 is 81.8 Å². The third-order valence-corrected chi connectivity index (χ3v) is 2.68. The molecule has 0 spiro atoms. The Kier molecular flexibility index (Phi) is 10.9. The van der Waals surface area contributed by atoms with Gasteiger partial charge in [-0.3, -0.25) is 10.8 Å². The van der Waals surface area contributed by atoms with Crippen LogP contribution in [0.1, 0.15) is 0 Å². The Morgan fingerprint density at radius 2 is 1.31 bits per heavy atom. The van der Waals surface area contributed by atoms with Gasteiger partial charge in [-0.25, -0.2) is 0 Å². The van der Waals surface area contributed by atoms with Crippen LogP contribution in [0.15, 0.2) is 34.1 Å². The van der Waals surface area contributed by atoms with Crippen LogP contribution in [0.2, 0.25) is 0 Å². The average Bonchev–Trinajstić information content (AvgIpc) is 2.01. The van der Waals surface area contributed by atoms with Crippen molar-refractivity contribution in [3.8, 4) is 0 Å². The summed E-state index contributed by atoms with van der Waals surface area (Å²) in [4.78, 5) is 1.76. The van der Waals surface area contributed by atoms with Gasteiger partial charge in [0.1, 0.15) is 0 Å². The largest absolute Gasteiger partial charge is 0.378 e. The van der Waals surface area contributed by atoms with Gasteiger partial charge in [0.25, 0.3) is 0 Å². The van der Waals surface area contributed by atoms with Gasteiger partial charge < -0.3 is 11.5 Å². The summed E-state index contributed by atoms with van der Waals surface area (Å²) in [7, 11) is 0. The van der Waals surface area contributed by atoms with E-state index in [4.69, 9.17) is 22.3 Å². The Morgan fingerprint density at radius 1 is 0.938 bits per heavy atom. The highest BCUT2D eigenvalue weighted by Gasteiger charge is 2.00. The summed E-state index contributed by atoms with van der Waals surface area (Å²) in [5.74, 6) is 0. The lowest BCUT2D eigenvalue weighted by molar-refractivity contribution is 1.34. The minimum Gasteiger partial charge on any atom is -0.378 e. The number of nitrogens with two attached hydrogens (primary N) is 2. The first-order valence-electron chi connectivity index (χ1n) is 3.72. The van der Waals surface area contributed by atoms with Crippen LogP contribution in [-0.2, 0) is 0 Å². The summed E-state index contributed by atoms with van der Waals surface area (Å²) in [6.45, 7) is 0. The van der Waals surface area contributed by atoms with Crippen molar-refractivity contribution in [2.75, 3.05) is 0 Å². The zero-order chi connectivity index (χ0) is 10.6. The van der Waals surface area contributed by atoms with Crippen LogP contribution in [0.3, 0.4) is 0 Å². The average molecular weight is 482 g/mol. The molecule has 6 N–H and O–H groups in total. The predicted molar refractivity (Wildman–Crippen MR) is 92.8 cm³/mol. The number of halogens is 2. The predicted octanol–water partition coefficient (Wildman–Crippen LogP) is 2.89. The molecule has 0 aliphatic heterocycles. The molecule has 0 bridgehead atoms. The SMILES string of the molecule is I.I.N=C(N)Sc1cccc(SC(=N)N)c1. The Bertz CT molecular complexity index is 342. The topological polar surface area (TPSA) is 99.7 Å². The van der Waals surface area contributed by atoms with Gasteiger partial charge in [0.05, 0.1) is 0 Å². The lowest BCUT2D eigenvalue weighted by atomic mass is 10.4. The first-order valence-corrected chi connectivity index (χ1v) is 5.35. The summed E-state index contributed by atoms with van der Waals surface area (Å²) in [6.07, 6.45) is 0. The van der Waals surface area contributed by atoms with Gasteiger partial charge in [-0.05, 0) is 18.2 Å². The van der Waals surface area contributed by atoms with Crippen LogP contribution in [0.5, 0.6) is 0 Å². The van der Waals surface area contributed by atoms with Crippen LogP contribution < -0.4 is 11.5 Å². The van der Waals surface area contributed by atoms with Gasteiger partial charge in [0.15, 0.2) is 10.3 Å². The number of nitrogens with one attached hydrogen (secondary N) is 2. The number of amidine groups is 2. The molecule has 90 valence electrons. The minimum absolute atomic E-state index is 0. The lowest BCUT2D eigenvalue weighted by Crippen LogP contribution is -2.04. The molecule has 0 aliphatic carbocycles. The van der Waals surface area contributed by atoms with Gasteiger partial charge in [-0.1, -0.05) is 29.6 Å². The first kappa shape index (κ1) is 18.7. The van der Waals surface area contributed by atoms with Crippen molar-refractivity contribution in [3.05, 3.63) is 24.3 Å². The van der Waals surface area contributed by atoms with Crippen molar-refractivity contribution in [3.63, 3.8) is 0 Å².